The number of hydrogen-bond donors (Lipinski definition) is 0. The summed E-state index contributed by atoms with van der Waals surface area (Å²) in [5.74, 6) is 0.276. The summed E-state index contributed by atoms with van der Waals surface area (Å²) >= 11 is 0. The second-order valence-corrected chi connectivity index (χ2v) is 8.25. The Hall–Kier alpha value is -3.94. The van der Waals surface area contributed by atoms with E-state index < -0.39 is 0 Å². The van der Waals surface area contributed by atoms with Crippen molar-refractivity contribution in [2.75, 3.05) is 31.1 Å². The highest BCUT2D eigenvalue weighted by atomic mass is 19.1. The van der Waals surface area contributed by atoms with Gasteiger partial charge in [-0.3, -0.25) is 4.79 Å². The molecule has 4 aromatic rings. The highest BCUT2D eigenvalue weighted by Crippen LogP contribution is 2.20. The number of anilines is 1. The van der Waals surface area contributed by atoms with E-state index >= 15 is 0 Å². The van der Waals surface area contributed by atoms with E-state index in [1.807, 2.05) is 34.0 Å². The maximum Gasteiger partial charge on any atom is 0.278 e. The Labute approximate surface area is 191 Å². The van der Waals surface area contributed by atoms with E-state index in [9.17, 15) is 9.18 Å². The largest absolute Gasteiger partial charge is 0.368 e. The zero-order chi connectivity index (χ0) is 22.8. The van der Waals surface area contributed by atoms with E-state index in [4.69, 9.17) is 0 Å². The smallest absolute Gasteiger partial charge is 0.278 e. The van der Waals surface area contributed by atoms with Crippen LogP contribution >= 0.6 is 0 Å². The molecule has 5 rings (SSSR count). The van der Waals surface area contributed by atoms with E-state index in [-0.39, 0.29) is 11.7 Å². The summed E-state index contributed by atoms with van der Waals surface area (Å²) in [5.41, 5.74) is 3.58. The number of aryl methyl sites for hydroxylation is 1. The molecular weight excluding hydrogens is 419 g/mol. The monoisotopic (exact) mass is 444 g/mol. The first kappa shape index (κ1) is 20.9. The molecule has 7 nitrogen and oxygen atoms in total. The number of carbonyl (C=O) groups is 1. The molecule has 2 aromatic heterocycles. The molecule has 1 amide bonds. The summed E-state index contributed by atoms with van der Waals surface area (Å²) in [6.45, 7) is 5.04. The SMILES string of the molecule is Cc1ccc(Cn2nnc(C(=O)N3CCN(c4ccc(F)cc4)CC3)c2-n2cccc2)cc1. The minimum absolute atomic E-state index is 0.132. The van der Waals surface area contributed by atoms with Crippen molar-refractivity contribution < 1.29 is 9.18 Å². The number of halogens is 1. The zero-order valence-corrected chi connectivity index (χ0v) is 18.4. The van der Waals surface area contributed by atoms with E-state index in [1.54, 1.807) is 16.8 Å². The second kappa shape index (κ2) is 8.90. The van der Waals surface area contributed by atoms with Crippen molar-refractivity contribution >= 4 is 11.6 Å². The van der Waals surface area contributed by atoms with Gasteiger partial charge in [0.1, 0.15) is 5.82 Å². The third kappa shape index (κ3) is 4.37. The molecular formula is C25H25FN6O. The van der Waals surface area contributed by atoms with Crippen molar-refractivity contribution in [2.45, 2.75) is 13.5 Å². The molecule has 0 saturated carbocycles. The van der Waals surface area contributed by atoms with Gasteiger partial charge in [0.25, 0.3) is 5.91 Å². The lowest BCUT2D eigenvalue weighted by Crippen LogP contribution is -2.49. The minimum atomic E-state index is -0.251. The fraction of sp³-hybridized carbons (Fsp3) is 0.240. The molecule has 0 atom stereocenters. The van der Waals surface area contributed by atoms with Crippen LogP contribution in [0.5, 0.6) is 0 Å². The summed E-state index contributed by atoms with van der Waals surface area (Å²) in [6.07, 6.45) is 3.79. The van der Waals surface area contributed by atoms with Crippen LogP contribution in [0, 0.1) is 12.7 Å². The maximum absolute atomic E-state index is 13.4. The lowest BCUT2D eigenvalue weighted by atomic mass is 10.1. The first-order valence-corrected chi connectivity index (χ1v) is 11.0. The lowest BCUT2D eigenvalue weighted by Gasteiger charge is -2.35. The third-order valence-corrected chi connectivity index (χ3v) is 5.97. The van der Waals surface area contributed by atoms with Gasteiger partial charge in [0, 0.05) is 44.3 Å². The summed E-state index contributed by atoms with van der Waals surface area (Å²) in [6, 6.07) is 18.5. The van der Waals surface area contributed by atoms with E-state index in [1.165, 1.54) is 17.7 Å². The summed E-state index contributed by atoms with van der Waals surface area (Å²) in [4.78, 5) is 17.4. The van der Waals surface area contributed by atoms with Crippen LogP contribution in [0.15, 0.2) is 73.1 Å². The predicted octanol–water partition coefficient (Wildman–Crippen LogP) is 3.53. The molecule has 8 heteroatoms. The van der Waals surface area contributed by atoms with Gasteiger partial charge in [0.15, 0.2) is 11.5 Å². The topological polar surface area (TPSA) is 59.2 Å². The molecule has 1 saturated heterocycles. The highest BCUT2D eigenvalue weighted by Gasteiger charge is 2.28. The number of benzene rings is 2. The Morgan fingerprint density at radius 1 is 0.939 bits per heavy atom. The zero-order valence-electron chi connectivity index (χ0n) is 18.4. The first-order valence-electron chi connectivity index (χ1n) is 11.0. The maximum atomic E-state index is 13.4. The number of piperazine rings is 1. The molecule has 0 bridgehead atoms. The quantitative estimate of drug-likeness (QED) is 0.473. The van der Waals surface area contributed by atoms with E-state index in [2.05, 4.69) is 46.4 Å². The van der Waals surface area contributed by atoms with Gasteiger partial charge >= 0.3 is 0 Å². The van der Waals surface area contributed by atoms with Gasteiger partial charge in [-0.25, -0.2) is 9.07 Å². The van der Waals surface area contributed by atoms with Crippen LogP contribution in [0.4, 0.5) is 10.1 Å². The van der Waals surface area contributed by atoms with Gasteiger partial charge in [-0.05, 0) is 48.9 Å². The number of rotatable bonds is 5. The lowest BCUT2D eigenvalue weighted by molar-refractivity contribution is 0.0740. The normalized spacial score (nSPS) is 14.0. The van der Waals surface area contributed by atoms with Crippen LogP contribution in [0.2, 0.25) is 0 Å². The van der Waals surface area contributed by atoms with Crippen molar-refractivity contribution in [1.82, 2.24) is 24.5 Å². The highest BCUT2D eigenvalue weighted by molar-refractivity contribution is 5.95. The van der Waals surface area contributed by atoms with Gasteiger partial charge in [-0.15, -0.1) is 5.10 Å². The standard InChI is InChI=1S/C25H25FN6O/c1-19-4-6-20(7-5-19)18-32-24(30-12-2-3-13-30)23(27-28-32)25(33)31-16-14-29(15-17-31)22-10-8-21(26)9-11-22/h2-13H,14-18H2,1H3. The minimum Gasteiger partial charge on any atom is -0.368 e. The molecule has 0 radical (unpaired) electrons. The number of aromatic nitrogens is 4. The molecule has 0 spiro atoms. The number of amides is 1. The molecule has 3 heterocycles. The Morgan fingerprint density at radius 2 is 1.61 bits per heavy atom. The molecule has 33 heavy (non-hydrogen) atoms. The molecule has 0 aliphatic carbocycles. The molecule has 1 aliphatic rings. The van der Waals surface area contributed by atoms with Crippen LogP contribution < -0.4 is 4.90 Å². The van der Waals surface area contributed by atoms with Crippen LogP contribution in [-0.4, -0.2) is 56.5 Å². The number of carbonyl (C=O) groups excluding carboxylic acids is 1. The first-order chi connectivity index (χ1) is 16.1. The Balaban J connectivity index is 1.36. The van der Waals surface area contributed by atoms with Gasteiger partial charge in [-0.2, -0.15) is 0 Å². The third-order valence-electron chi connectivity index (χ3n) is 5.97. The van der Waals surface area contributed by atoms with Crippen molar-refractivity contribution in [2.24, 2.45) is 0 Å². The average Bonchev–Trinajstić information content (AvgIpc) is 3.51. The summed E-state index contributed by atoms with van der Waals surface area (Å²) < 4.78 is 16.9. The predicted molar refractivity (Wildman–Crippen MR) is 124 cm³/mol. The van der Waals surface area contributed by atoms with E-state index in [0.717, 1.165) is 11.3 Å². The Bertz CT molecular complexity index is 1220. The summed E-state index contributed by atoms with van der Waals surface area (Å²) in [7, 11) is 0. The van der Waals surface area contributed by atoms with Crippen molar-refractivity contribution in [3.63, 3.8) is 0 Å². The molecule has 1 aliphatic heterocycles. The van der Waals surface area contributed by atoms with Crippen LogP contribution in [-0.2, 0) is 6.54 Å². The van der Waals surface area contributed by atoms with Crippen LogP contribution in [0.1, 0.15) is 21.6 Å². The van der Waals surface area contributed by atoms with Crippen molar-refractivity contribution in [3.05, 3.63) is 95.7 Å². The summed E-state index contributed by atoms with van der Waals surface area (Å²) in [5, 5.41) is 8.62. The molecule has 0 N–H and O–H groups in total. The van der Waals surface area contributed by atoms with Gasteiger partial charge in [0.2, 0.25) is 0 Å². The average molecular weight is 445 g/mol. The van der Waals surface area contributed by atoms with Crippen molar-refractivity contribution in [1.29, 1.82) is 0 Å². The van der Waals surface area contributed by atoms with Gasteiger partial charge in [-0.1, -0.05) is 35.0 Å². The second-order valence-electron chi connectivity index (χ2n) is 8.25. The van der Waals surface area contributed by atoms with Crippen molar-refractivity contribution in [3.8, 4) is 5.82 Å². The van der Waals surface area contributed by atoms with Crippen LogP contribution in [0.3, 0.4) is 0 Å². The Morgan fingerprint density at radius 3 is 2.27 bits per heavy atom. The van der Waals surface area contributed by atoms with Crippen LogP contribution in [0.25, 0.3) is 5.82 Å². The molecule has 0 unspecified atom stereocenters. The van der Waals surface area contributed by atoms with Gasteiger partial charge < -0.3 is 14.4 Å². The van der Waals surface area contributed by atoms with E-state index in [0.29, 0.717) is 44.2 Å². The molecule has 2 aromatic carbocycles. The van der Waals surface area contributed by atoms with Gasteiger partial charge in [0.05, 0.1) is 6.54 Å². The fourth-order valence-corrected chi connectivity index (χ4v) is 4.12. The fourth-order valence-electron chi connectivity index (χ4n) is 4.12. The Kier molecular flexibility index (Phi) is 5.64. The molecule has 168 valence electrons. The number of nitrogens with zero attached hydrogens (tertiary/aromatic N) is 6. The molecule has 1 fully saturated rings. The number of hydrogen-bond acceptors (Lipinski definition) is 4.